The van der Waals surface area contributed by atoms with Crippen LogP contribution in [0.25, 0.3) is 0 Å². The fraction of sp³-hybridized carbons (Fsp3) is 0.316. The highest BCUT2D eigenvalue weighted by atomic mass is 32.2. The molecular weight excluding hydrogens is 368 g/mol. The van der Waals surface area contributed by atoms with E-state index in [1.165, 1.54) is 20.3 Å². The molecule has 8 heteroatoms. The first kappa shape index (κ1) is 19.2. The van der Waals surface area contributed by atoms with Gasteiger partial charge in [0.1, 0.15) is 12.4 Å². The molecule has 27 heavy (non-hydrogen) atoms. The molecule has 0 unspecified atom stereocenters. The van der Waals surface area contributed by atoms with Gasteiger partial charge in [0.15, 0.2) is 0 Å². The van der Waals surface area contributed by atoms with Crippen molar-refractivity contribution in [3.05, 3.63) is 47.5 Å². The molecule has 0 fully saturated rings. The van der Waals surface area contributed by atoms with E-state index in [2.05, 4.69) is 4.72 Å². The Labute approximate surface area is 158 Å². The topological polar surface area (TPSA) is 84.9 Å². The molecule has 2 aromatic carbocycles. The summed E-state index contributed by atoms with van der Waals surface area (Å²) in [6, 6.07) is 10.0. The van der Waals surface area contributed by atoms with Crippen LogP contribution in [-0.2, 0) is 26.0 Å². The van der Waals surface area contributed by atoms with Gasteiger partial charge in [-0.05, 0) is 54.8 Å². The van der Waals surface area contributed by atoms with Gasteiger partial charge in [0.05, 0.1) is 17.7 Å². The zero-order valence-electron chi connectivity index (χ0n) is 15.5. The van der Waals surface area contributed by atoms with E-state index in [0.717, 1.165) is 12.0 Å². The Bertz CT molecular complexity index is 972. The minimum absolute atomic E-state index is 0.0135. The number of hydrogen-bond acceptors (Lipinski definition) is 5. The first-order valence-electron chi connectivity index (χ1n) is 8.45. The van der Waals surface area contributed by atoms with Crippen molar-refractivity contribution >= 4 is 27.3 Å². The van der Waals surface area contributed by atoms with Crippen molar-refractivity contribution in [1.82, 2.24) is 0 Å². The second kappa shape index (κ2) is 7.58. The first-order valence-corrected chi connectivity index (χ1v) is 9.93. The van der Waals surface area contributed by atoms with Crippen molar-refractivity contribution in [2.45, 2.75) is 18.2 Å². The third kappa shape index (κ3) is 3.91. The number of carbonyl (C=O) groups is 1. The number of ether oxygens (including phenoxy) is 2. The molecule has 0 aromatic heterocycles. The Kier molecular flexibility index (Phi) is 5.38. The predicted molar refractivity (Wildman–Crippen MR) is 103 cm³/mol. The van der Waals surface area contributed by atoms with Gasteiger partial charge in [0.2, 0.25) is 0 Å². The van der Waals surface area contributed by atoms with Crippen LogP contribution in [-0.4, -0.2) is 41.7 Å². The maximum Gasteiger partial charge on any atom is 0.262 e. The van der Waals surface area contributed by atoms with Crippen molar-refractivity contribution in [2.24, 2.45) is 0 Å². The lowest BCUT2D eigenvalue weighted by atomic mass is 10.1. The first-order chi connectivity index (χ1) is 12.9. The highest BCUT2D eigenvalue weighted by Gasteiger charge is 2.25. The molecule has 0 aliphatic carbocycles. The fourth-order valence-corrected chi connectivity index (χ4v) is 4.44. The van der Waals surface area contributed by atoms with Crippen LogP contribution in [0.2, 0.25) is 0 Å². The SMILES string of the molecule is COCC(=O)N1CCc2ccc(NS(=O)(=O)c3ccc(OC)cc3C)cc21. The highest BCUT2D eigenvalue weighted by Crippen LogP contribution is 2.32. The standard InChI is InChI=1S/C19H22N2O5S/c1-13-10-16(26-3)6-7-18(13)27(23,24)20-15-5-4-14-8-9-21(17(14)11-15)19(22)12-25-2/h4-7,10-11,20H,8-9,12H2,1-3H3. The van der Waals surface area contributed by atoms with E-state index in [9.17, 15) is 13.2 Å². The van der Waals surface area contributed by atoms with Crippen molar-refractivity contribution < 1.29 is 22.7 Å². The Balaban J connectivity index is 1.88. The maximum absolute atomic E-state index is 12.8. The highest BCUT2D eigenvalue weighted by molar-refractivity contribution is 7.92. The predicted octanol–water partition coefficient (Wildman–Crippen LogP) is 2.34. The number of benzene rings is 2. The number of nitrogens with zero attached hydrogens (tertiary/aromatic N) is 1. The number of hydrogen-bond donors (Lipinski definition) is 1. The normalized spacial score (nSPS) is 13.4. The minimum atomic E-state index is -3.77. The summed E-state index contributed by atoms with van der Waals surface area (Å²) in [4.78, 5) is 14.0. The molecule has 0 spiro atoms. The maximum atomic E-state index is 12.8. The van der Waals surface area contributed by atoms with Crippen LogP contribution in [0.4, 0.5) is 11.4 Å². The molecule has 3 rings (SSSR count). The molecule has 1 aliphatic heterocycles. The third-order valence-corrected chi connectivity index (χ3v) is 6.02. The number of methoxy groups -OCH3 is 2. The second-order valence-corrected chi connectivity index (χ2v) is 7.96. The van der Waals surface area contributed by atoms with Crippen LogP contribution in [0.15, 0.2) is 41.3 Å². The third-order valence-electron chi connectivity index (χ3n) is 4.47. The van der Waals surface area contributed by atoms with E-state index in [1.54, 1.807) is 36.1 Å². The quantitative estimate of drug-likeness (QED) is 0.818. The zero-order valence-corrected chi connectivity index (χ0v) is 16.3. The smallest absolute Gasteiger partial charge is 0.262 e. The summed E-state index contributed by atoms with van der Waals surface area (Å²) in [5.41, 5.74) is 2.70. The molecule has 0 bridgehead atoms. The van der Waals surface area contributed by atoms with Crippen LogP contribution >= 0.6 is 0 Å². The molecule has 0 atom stereocenters. The molecule has 1 amide bonds. The van der Waals surface area contributed by atoms with Crippen molar-refractivity contribution in [1.29, 1.82) is 0 Å². The Morgan fingerprint density at radius 1 is 1.19 bits per heavy atom. The van der Waals surface area contributed by atoms with Crippen LogP contribution in [0, 0.1) is 6.92 Å². The molecule has 0 radical (unpaired) electrons. The van der Waals surface area contributed by atoms with Crippen LogP contribution in [0.3, 0.4) is 0 Å². The van der Waals surface area contributed by atoms with Gasteiger partial charge >= 0.3 is 0 Å². The van der Waals surface area contributed by atoms with E-state index in [4.69, 9.17) is 9.47 Å². The summed E-state index contributed by atoms with van der Waals surface area (Å²) in [5.74, 6) is 0.443. The van der Waals surface area contributed by atoms with Crippen molar-refractivity contribution in [2.75, 3.05) is 37.0 Å². The number of amides is 1. The summed E-state index contributed by atoms with van der Waals surface area (Å²) >= 11 is 0. The number of carbonyl (C=O) groups excluding carboxylic acids is 1. The second-order valence-electron chi connectivity index (χ2n) is 6.31. The van der Waals surface area contributed by atoms with Gasteiger partial charge < -0.3 is 14.4 Å². The summed E-state index contributed by atoms with van der Waals surface area (Å²) in [7, 11) is -0.769. The van der Waals surface area contributed by atoms with Crippen LogP contribution in [0.5, 0.6) is 5.75 Å². The average Bonchev–Trinajstić information content (AvgIpc) is 3.04. The largest absolute Gasteiger partial charge is 0.497 e. The van der Waals surface area contributed by atoms with E-state index in [0.29, 0.717) is 29.2 Å². The lowest BCUT2D eigenvalue weighted by Gasteiger charge is -2.18. The molecule has 144 valence electrons. The average molecular weight is 390 g/mol. The van der Waals surface area contributed by atoms with Gasteiger partial charge in [-0.2, -0.15) is 0 Å². The van der Waals surface area contributed by atoms with Gasteiger partial charge in [0, 0.05) is 19.3 Å². The van der Waals surface area contributed by atoms with Crippen molar-refractivity contribution in [3.8, 4) is 5.75 Å². The number of fused-ring (bicyclic) bond motifs is 1. The van der Waals surface area contributed by atoms with Gasteiger partial charge in [-0.1, -0.05) is 6.07 Å². The van der Waals surface area contributed by atoms with E-state index >= 15 is 0 Å². The van der Waals surface area contributed by atoms with Gasteiger partial charge in [-0.3, -0.25) is 9.52 Å². The molecule has 0 saturated carbocycles. The summed E-state index contributed by atoms with van der Waals surface area (Å²) in [5, 5.41) is 0. The number of nitrogens with one attached hydrogen (secondary N) is 1. The number of sulfonamides is 1. The molecule has 7 nitrogen and oxygen atoms in total. The molecular formula is C19H22N2O5S. The Morgan fingerprint density at radius 2 is 1.96 bits per heavy atom. The molecule has 2 aromatic rings. The molecule has 1 N–H and O–H groups in total. The van der Waals surface area contributed by atoms with Crippen molar-refractivity contribution in [3.63, 3.8) is 0 Å². The molecule has 1 aliphatic rings. The minimum Gasteiger partial charge on any atom is -0.497 e. The summed E-state index contributed by atoms with van der Waals surface area (Å²) < 4.78 is 38.2. The van der Waals surface area contributed by atoms with E-state index < -0.39 is 10.0 Å². The van der Waals surface area contributed by atoms with Gasteiger partial charge in [-0.25, -0.2) is 8.42 Å². The summed E-state index contributed by atoms with van der Waals surface area (Å²) in [6.07, 6.45) is 0.732. The molecule has 0 saturated heterocycles. The van der Waals surface area contributed by atoms with Gasteiger partial charge in [-0.15, -0.1) is 0 Å². The Hall–Kier alpha value is -2.58. The zero-order chi connectivity index (χ0) is 19.6. The van der Waals surface area contributed by atoms with E-state index in [-0.39, 0.29) is 17.4 Å². The number of aryl methyl sites for hydroxylation is 1. The fourth-order valence-electron chi connectivity index (χ4n) is 3.16. The van der Waals surface area contributed by atoms with Crippen LogP contribution in [0.1, 0.15) is 11.1 Å². The lowest BCUT2D eigenvalue weighted by molar-refractivity contribution is -0.122. The van der Waals surface area contributed by atoms with Gasteiger partial charge in [0.25, 0.3) is 15.9 Å². The van der Waals surface area contributed by atoms with Crippen LogP contribution < -0.4 is 14.4 Å². The summed E-state index contributed by atoms with van der Waals surface area (Å²) in [6.45, 7) is 2.26. The number of anilines is 2. The number of rotatable bonds is 6. The van der Waals surface area contributed by atoms with E-state index in [1.807, 2.05) is 6.07 Å². The molecule has 1 heterocycles. The lowest BCUT2D eigenvalue weighted by Crippen LogP contribution is -2.32. The monoisotopic (exact) mass is 390 g/mol. The Morgan fingerprint density at radius 3 is 2.63 bits per heavy atom.